The number of rotatable bonds is 5. The summed E-state index contributed by atoms with van der Waals surface area (Å²) in [6.07, 6.45) is 7.06. The van der Waals surface area contributed by atoms with Crippen molar-refractivity contribution in [2.75, 3.05) is 0 Å². The van der Waals surface area contributed by atoms with Crippen LogP contribution in [0.4, 0.5) is 0 Å². The van der Waals surface area contributed by atoms with E-state index in [0.717, 1.165) is 6.42 Å². The first-order chi connectivity index (χ1) is 5.68. The minimum absolute atomic E-state index is 0.564. The smallest absolute Gasteiger partial charge is 0.0328 e. The minimum Gasteiger partial charge on any atom is -0.103 e. The SMILES string of the molecule is C=CCCC(C)(CC)CC.CC. The van der Waals surface area contributed by atoms with Gasteiger partial charge in [-0.3, -0.25) is 0 Å². The number of hydrogen-bond donors (Lipinski definition) is 0. The first-order valence-electron chi connectivity index (χ1n) is 5.29. The van der Waals surface area contributed by atoms with Gasteiger partial charge < -0.3 is 0 Å². The first-order valence-corrected chi connectivity index (χ1v) is 5.29. The van der Waals surface area contributed by atoms with Crippen LogP contribution in [-0.4, -0.2) is 0 Å². The van der Waals surface area contributed by atoms with Gasteiger partial charge in [-0.15, -0.1) is 6.58 Å². The fourth-order valence-corrected chi connectivity index (χ4v) is 1.05. The Bertz CT molecular complexity index is 88.2. The van der Waals surface area contributed by atoms with E-state index in [9.17, 15) is 0 Å². The van der Waals surface area contributed by atoms with Gasteiger partial charge in [0.25, 0.3) is 0 Å². The maximum Gasteiger partial charge on any atom is -0.0328 e. The van der Waals surface area contributed by atoms with Crippen molar-refractivity contribution in [3.05, 3.63) is 12.7 Å². The van der Waals surface area contributed by atoms with Crippen molar-refractivity contribution in [2.45, 2.75) is 60.3 Å². The zero-order chi connectivity index (χ0) is 10.0. The predicted octanol–water partition coefficient (Wildman–Crippen LogP) is 4.81. The number of hydrogen-bond acceptors (Lipinski definition) is 0. The minimum atomic E-state index is 0.564. The third-order valence-corrected chi connectivity index (χ3v) is 2.66. The molecule has 0 amide bonds. The van der Waals surface area contributed by atoms with Gasteiger partial charge >= 0.3 is 0 Å². The monoisotopic (exact) mass is 170 g/mol. The Balaban J connectivity index is 0. The predicted molar refractivity (Wildman–Crippen MR) is 59.5 cm³/mol. The van der Waals surface area contributed by atoms with Crippen molar-refractivity contribution >= 4 is 0 Å². The molecule has 0 aromatic heterocycles. The van der Waals surface area contributed by atoms with Crippen LogP contribution < -0.4 is 0 Å². The Labute approximate surface area is 79.1 Å². The highest BCUT2D eigenvalue weighted by Crippen LogP contribution is 2.30. The van der Waals surface area contributed by atoms with Crippen LogP contribution in [0.3, 0.4) is 0 Å². The van der Waals surface area contributed by atoms with E-state index in [1.165, 1.54) is 19.3 Å². The summed E-state index contributed by atoms with van der Waals surface area (Å²) in [5, 5.41) is 0. The highest BCUT2D eigenvalue weighted by molar-refractivity contribution is 4.76. The van der Waals surface area contributed by atoms with Gasteiger partial charge in [-0.25, -0.2) is 0 Å². The topological polar surface area (TPSA) is 0 Å². The van der Waals surface area contributed by atoms with Gasteiger partial charge in [0.1, 0.15) is 0 Å². The summed E-state index contributed by atoms with van der Waals surface area (Å²) in [6.45, 7) is 14.6. The van der Waals surface area contributed by atoms with E-state index in [2.05, 4.69) is 27.4 Å². The molecular formula is C12H26. The fraction of sp³-hybridized carbons (Fsp3) is 0.833. The second kappa shape index (κ2) is 8.83. The summed E-state index contributed by atoms with van der Waals surface area (Å²) >= 11 is 0. The molecule has 0 saturated carbocycles. The van der Waals surface area contributed by atoms with Crippen molar-refractivity contribution in [1.82, 2.24) is 0 Å². The Morgan fingerprint density at radius 3 is 1.83 bits per heavy atom. The molecule has 0 fully saturated rings. The maximum atomic E-state index is 3.73. The molecule has 0 N–H and O–H groups in total. The van der Waals surface area contributed by atoms with E-state index in [4.69, 9.17) is 0 Å². The highest BCUT2D eigenvalue weighted by atomic mass is 14.2. The molecule has 0 saturated heterocycles. The third kappa shape index (κ3) is 6.45. The standard InChI is InChI=1S/C10H20.C2H6/c1-5-8-9-10(4,6-2)7-3;1-2/h5H,1,6-9H2,2-4H3;1-2H3. The van der Waals surface area contributed by atoms with Gasteiger partial charge in [-0.05, 0) is 18.3 Å². The normalized spacial score (nSPS) is 10.1. The molecule has 0 aliphatic rings. The summed E-state index contributed by atoms with van der Waals surface area (Å²) in [7, 11) is 0. The van der Waals surface area contributed by atoms with E-state index >= 15 is 0 Å². The van der Waals surface area contributed by atoms with E-state index in [1.54, 1.807) is 0 Å². The van der Waals surface area contributed by atoms with Gasteiger partial charge in [0, 0.05) is 0 Å². The lowest BCUT2D eigenvalue weighted by Crippen LogP contribution is -2.12. The van der Waals surface area contributed by atoms with Gasteiger partial charge in [-0.2, -0.15) is 0 Å². The van der Waals surface area contributed by atoms with Crippen LogP contribution in [0.2, 0.25) is 0 Å². The summed E-state index contributed by atoms with van der Waals surface area (Å²) in [6, 6.07) is 0. The lowest BCUT2D eigenvalue weighted by atomic mass is 9.80. The number of allylic oxidation sites excluding steroid dienone is 1. The molecule has 0 unspecified atom stereocenters. The van der Waals surface area contributed by atoms with Gasteiger partial charge in [-0.1, -0.05) is 53.5 Å². The van der Waals surface area contributed by atoms with Gasteiger partial charge in [0.15, 0.2) is 0 Å². The molecular weight excluding hydrogens is 144 g/mol. The molecule has 0 aromatic rings. The Hall–Kier alpha value is -0.260. The maximum absolute atomic E-state index is 3.73. The van der Waals surface area contributed by atoms with E-state index < -0.39 is 0 Å². The van der Waals surface area contributed by atoms with Crippen LogP contribution in [0.15, 0.2) is 12.7 Å². The molecule has 0 aromatic carbocycles. The molecule has 0 aliphatic heterocycles. The third-order valence-electron chi connectivity index (χ3n) is 2.66. The molecule has 0 nitrogen and oxygen atoms in total. The molecule has 0 aliphatic carbocycles. The van der Waals surface area contributed by atoms with Crippen molar-refractivity contribution in [2.24, 2.45) is 5.41 Å². The van der Waals surface area contributed by atoms with E-state index in [-0.39, 0.29) is 0 Å². The second-order valence-corrected chi connectivity index (χ2v) is 3.35. The first kappa shape index (κ1) is 14.3. The molecule has 0 heteroatoms. The molecule has 0 atom stereocenters. The van der Waals surface area contributed by atoms with Crippen LogP contribution in [0.5, 0.6) is 0 Å². The molecule has 12 heavy (non-hydrogen) atoms. The molecule has 0 bridgehead atoms. The summed E-state index contributed by atoms with van der Waals surface area (Å²) in [5.74, 6) is 0. The van der Waals surface area contributed by atoms with Crippen LogP contribution in [-0.2, 0) is 0 Å². The van der Waals surface area contributed by atoms with Crippen molar-refractivity contribution in [3.8, 4) is 0 Å². The quantitative estimate of drug-likeness (QED) is 0.520. The van der Waals surface area contributed by atoms with Crippen molar-refractivity contribution in [1.29, 1.82) is 0 Å². The largest absolute Gasteiger partial charge is 0.103 e. The van der Waals surface area contributed by atoms with Gasteiger partial charge in [0.2, 0.25) is 0 Å². The Morgan fingerprint density at radius 1 is 1.17 bits per heavy atom. The lowest BCUT2D eigenvalue weighted by molar-refractivity contribution is 0.275. The molecule has 0 radical (unpaired) electrons. The van der Waals surface area contributed by atoms with E-state index in [1.807, 2.05) is 19.9 Å². The van der Waals surface area contributed by atoms with Crippen LogP contribution in [0, 0.1) is 5.41 Å². The van der Waals surface area contributed by atoms with Crippen molar-refractivity contribution in [3.63, 3.8) is 0 Å². The Morgan fingerprint density at radius 2 is 1.58 bits per heavy atom. The zero-order valence-corrected chi connectivity index (χ0v) is 9.61. The van der Waals surface area contributed by atoms with Crippen LogP contribution >= 0.6 is 0 Å². The Kier molecular flexibility index (Phi) is 10.5. The molecule has 74 valence electrons. The average Bonchev–Trinajstić information content (AvgIpc) is 2.17. The fourth-order valence-electron chi connectivity index (χ4n) is 1.05. The summed E-state index contributed by atoms with van der Waals surface area (Å²) in [4.78, 5) is 0. The van der Waals surface area contributed by atoms with Crippen LogP contribution in [0.25, 0.3) is 0 Å². The molecule has 0 heterocycles. The molecule has 0 spiro atoms. The van der Waals surface area contributed by atoms with E-state index in [0.29, 0.717) is 5.41 Å². The van der Waals surface area contributed by atoms with Gasteiger partial charge in [0.05, 0.1) is 0 Å². The molecule has 0 rings (SSSR count). The highest BCUT2D eigenvalue weighted by Gasteiger charge is 2.17. The lowest BCUT2D eigenvalue weighted by Gasteiger charge is -2.25. The second-order valence-electron chi connectivity index (χ2n) is 3.35. The van der Waals surface area contributed by atoms with Crippen molar-refractivity contribution < 1.29 is 0 Å². The summed E-state index contributed by atoms with van der Waals surface area (Å²) < 4.78 is 0. The average molecular weight is 170 g/mol. The zero-order valence-electron chi connectivity index (χ0n) is 9.61. The summed E-state index contributed by atoms with van der Waals surface area (Å²) in [5.41, 5.74) is 0.564. The van der Waals surface area contributed by atoms with Crippen LogP contribution in [0.1, 0.15) is 60.3 Å².